The van der Waals surface area contributed by atoms with E-state index in [-0.39, 0.29) is 29.0 Å². The number of hydrogen-bond donors (Lipinski definition) is 2. The molecule has 1 amide bonds. The van der Waals surface area contributed by atoms with Crippen LogP contribution in [0.1, 0.15) is 87.1 Å². The highest BCUT2D eigenvalue weighted by Crippen LogP contribution is 2.49. The van der Waals surface area contributed by atoms with Crippen molar-refractivity contribution >= 4 is 11.9 Å². The van der Waals surface area contributed by atoms with E-state index < -0.39 is 5.97 Å². The van der Waals surface area contributed by atoms with Crippen LogP contribution in [0.3, 0.4) is 0 Å². The normalized spacial score (nSPS) is 21.8. The third kappa shape index (κ3) is 5.19. The summed E-state index contributed by atoms with van der Waals surface area (Å²) in [5, 5.41) is 19.9. The number of likely N-dealkylation sites (tertiary alicyclic amines) is 1. The maximum atomic E-state index is 12.4. The average molecular weight is 402 g/mol. The summed E-state index contributed by atoms with van der Waals surface area (Å²) in [6, 6.07) is 7.11. The minimum atomic E-state index is -0.923. The molecule has 0 radical (unpaired) electrons. The Labute approximate surface area is 174 Å². The van der Waals surface area contributed by atoms with Crippen molar-refractivity contribution in [2.75, 3.05) is 6.54 Å². The molecule has 29 heavy (non-hydrogen) atoms. The van der Waals surface area contributed by atoms with E-state index in [1.807, 2.05) is 17.0 Å². The van der Waals surface area contributed by atoms with Gasteiger partial charge < -0.3 is 15.1 Å². The predicted octanol–water partition coefficient (Wildman–Crippen LogP) is 4.42. The van der Waals surface area contributed by atoms with Crippen molar-refractivity contribution < 1.29 is 19.8 Å². The van der Waals surface area contributed by atoms with E-state index in [1.54, 1.807) is 12.1 Å². The van der Waals surface area contributed by atoms with Crippen LogP contribution in [0.4, 0.5) is 0 Å². The van der Waals surface area contributed by atoms with Gasteiger partial charge in [0, 0.05) is 19.0 Å². The summed E-state index contributed by atoms with van der Waals surface area (Å²) in [4.78, 5) is 25.3. The van der Waals surface area contributed by atoms with Gasteiger partial charge in [-0.25, -0.2) is 4.79 Å². The van der Waals surface area contributed by atoms with Crippen LogP contribution in [0.25, 0.3) is 0 Å². The Kier molecular flexibility index (Phi) is 7.33. The highest BCUT2D eigenvalue weighted by molar-refractivity contribution is 5.87. The molecule has 1 heterocycles. The van der Waals surface area contributed by atoms with Gasteiger partial charge in [0.25, 0.3) is 0 Å². The Balaban J connectivity index is 1.51. The number of amides is 1. The van der Waals surface area contributed by atoms with Crippen molar-refractivity contribution in [1.82, 2.24) is 4.90 Å². The van der Waals surface area contributed by atoms with Crippen molar-refractivity contribution in [3.63, 3.8) is 0 Å². The molecule has 1 saturated heterocycles. The fraction of sp³-hybridized carbons (Fsp3) is 0.667. The Morgan fingerprint density at radius 1 is 1.28 bits per heavy atom. The van der Waals surface area contributed by atoms with Crippen molar-refractivity contribution in [2.45, 2.75) is 89.7 Å². The number of rotatable bonds is 11. The van der Waals surface area contributed by atoms with E-state index >= 15 is 0 Å². The topological polar surface area (TPSA) is 77.8 Å². The number of aromatic carboxylic acids is 1. The van der Waals surface area contributed by atoms with E-state index in [1.165, 1.54) is 19.3 Å². The molecule has 0 bridgehead atoms. The van der Waals surface area contributed by atoms with Crippen LogP contribution in [-0.2, 0) is 11.2 Å². The quantitative estimate of drug-likeness (QED) is 0.575. The van der Waals surface area contributed by atoms with Crippen LogP contribution in [0.2, 0.25) is 0 Å². The number of carboxylic acid groups (broad SMARTS) is 1. The molecule has 3 rings (SSSR count). The van der Waals surface area contributed by atoms with Crippen molar-refractivity contribution in [3.8, 4) is 0 Å². The second-order valence-electron chi connectivity index (χ2n) is 8.94. The van der Waals surface area contributed by atoms with Crippen LogP contribution in [-0.4, -0.2) is 45.7 Å². The molecule has 1 saturated carbocycles. The van der Waals surface area contributed by atoms with E-state index in [0.717, 1.165) is 50.5 Å². The summed E-state index contributed by atoms with van der Waals surface area (Å²) < 4.78 is 0. The van der Waals surface area contributed by atoms with Crippen LogP contribution in [0.5, 0.6) is 0 Å². The second-order valence-corrected chi connectivity index (χ2v) is 8.94. The first-order valence-corrected chi connectivity index (χ1v) is 11.2. The smallest absolute Gasteiger partial charge is 0.335 e. The zero-order valence-corrected chi connectivity index (χ0v) is 17.6. The number of aliphatic hydroxyl groups is 1. The summed E-state index contributed by atoms with van der Waals surface area (Å²) in [7, 11) is 0. The minimum Gasteiger partial charge on any atom is -0.478 e. The van der Waals surface area contributed by atoms with Gasteiger partial charge in [-0.3, -0.25) is 4.79 Å². The lowest BCUT2D eigenvalue weighted by Crippen LogP contribution is -2.42. The molecule has 2 atom stereocenters. The minimum absolute atomic E-state index is 0.134. The molecule has 5 heteroatoms. The van der Waals surface area contributed by atoms with Gasteiger partial charge in [0.05, 0.1) is 11.7 Å². The van der Waals surface area contributed by atoms with Gasteiger partial charge in [0.15, 0.2) is 0 Å². The summed E-state index contributed by atoms with van der Waals surface area (Å²) in [5.41, 5.74) is 1.46. The van der Waals surface area contributed by atoms with E-state index in [2.05, 4.69) is 6.92 Å². The third-order valence-electron chi connectivity index (χ3n) is 7.15. The summed E-state index contributed by atoms with van der Waals surface area (Å²) in [6.45, 7) is 2.86. The van der Waals surface area contributed by atoms with Gasteiger partial charge in [-0.1, -0.05) is 38.3 Å². The first-order chi connectivity index (χ1) is 13.9. The number of unbranched alkanes of at least 4 members (excludes halogenated alkanes) is 1. The standard InChI is InChI=1S/C24H35NO4/c1-2-3-14-24(15-4-16-24)21(26)11-9-20-10-12-22(27)25(20)17-13-18-5-7-19(8-6-18)23(28)29/h5-8,20-21,26H,2-4,9-17H2,1H3,(H,28,29)/t20-,21?/m0/s1. The van der Waals surface area contributed by atoms with Gasteiger partial charge in [0.1, 0.15) is 0 Å². The average Bonchev–Trinajstić information content (AvgIpc) is 3.03. The molecular formula is C24H35NO4. The monoisotopic (exact) mass is 401 g/mol. The van der Waals surface area contributed by atoms with Crippen LogP contribution < -0.4 is 0 Å². The molecule has 5 nitrogen and oxygen atoms in total. The molecule has 1 aromatic rings. The lowest BCUT2D eigenvalue weighted by Gasteiger charge is -2.46. The Bertz CT molecular complexity index is 695. The number of carboxylic acids is 1. The molecule has 1 aromatic carbocycles. The third-order valence-corrected chi connectivity index (χ3v) is 7.15. The Morgan fingerprint density at radius 3 is 2.59 bits per heavy atom. The first-order valence-electron chi connectivity index (χ1n) is 11.2. The summed E-state index contributed by atoms with van der Waals surface area (Å²) >= 11 is 0. The molecule has 2 fully saturated rings. The molecule has 160 valence electrons. The SMILES string of the molecule is CCCCC1(C(O)CC[C@H]2CCC(=O)N2CCc2ccc(C(=O)O)cc2)CCC1. The fourth-order valence-electron chi connectivity index (χ4n) is 5.03. The van der Waals surface area contributed by atoms with Gasteiger partial charge in [-0.05, 0) is 68.1 Å². The maximum Gasteiger partial charge on any atom is 0.335 e. The zero-order valence-electron chi connectivity index (χ0n) is 17.6. The number of carbonyl (C=O) groups is 2. The second kappa shape index (κ2) is 9.75. The molecule has 0 aromatic heterocycles. The number of benzene rings is 1. The zero-order chi connectivity index (χ0) is 20.9. The molecule has 1 aliphatic heterocycles. The van der Waals surface area contributed by atoms with Crippen molar-refractivity contribution in [2.24, 2.45) is 5.41 Å². The largest absolute Gasteiger partial charge is 0.478 e. The molecular weight excluding hydrogens is 366 g/mol. The van der Waals surface area contributed by atoms with Crippen molar-refractivity contribution in [1.29, 1.82) is 0 Å². The van der Waals surface area contributed by atoms with E-state index in [0.29, 0.717) is 13.0 Å². The van der Waals surface area contributed by atoms with Gasteiger partial charge in [0.2, 0.25) is 5.91 Å². The lowest BCUT2D eigenvalue weighted by atomic mass is 9.61. The molecule has 2 N–H and O–H groups in total. The highest BCUT2D eigenvalue weighted by Gasteiger charge is 2.43. The summed E-state index contributed by atoms with van der Waals surface area (Å²) in [6.07, 6.45) is 10.6. The van der Waals surface area contributed by atoms with Crippen LogP contribution in [0.15, 0.2) is 24.3 Å². The Morgan fingerprint density at radius 2 is 2.00 bits per heavy atom. The maximum absolute atomic E-state index is 12.4. The highest BCUT2D eigenvalue weighted by atomic mass is 16.4. The Hall–Kier alpha value is -1.88. The van der Waals surface area contributed by atoms with E-state index in [9.17, 15) is 14.7 Å². The molecule has 0 spiro atoms. The lowest BCUT2D eigenvalue weighted by molar-refractivity contribution is -0.129. The number of aliphatic hydroxyl groups excluding tert-OH is 1. The van der Waals surface area contributed by atoms with Gasteiger partial charge in [-0.15, -0.1) is 0 Å². The molecule has 2 aliphatic rings. The van der Waals surface area contributed by atoms with Crippen LogP contribution in [0, 0.1) is 5.41 Å². The predicted molar refractivity (Wildman–Crippen MR) is 113 cm³/mol. The van der Waals surface area contributed by atoms with E-state index in [4.69, 9.17) is 5.11 Å². The van der Waals surface area contributed by atoms with Gasteiger partial charge in [-0.2, -0.15) is 0 Å². The molecule has 1 aliphatic carbocycles. The number of nitrogens with zero attached hydrogens (tertiary/aromatic N) is 1. The van der Waals surface area contributed by atoms with Crippen molar-refractivity contribution in [3.05, 3.63) is 35.4 Å². The summed E-state index contributed by atoms with van der Waals surface area (Å²) in [5.74, 6) is -0.718. The van der Waals surface area contributed by atoms with Crippen LogP contribution >= 0.6 is 0 Å². The number of hydrogen-bond acceptors (Lipinski definition) is 3. The fourth-order valence-corrected chi connectivity index (χ4v) is 5.03. The first kappa shape index (κ1) is 21.8. The van der Waals surface area contributed by atoms with Gasteiger partial charge >= 0.3 is 5.97 Å². The molecule has 1 unspecified atom stereocenters. The number of carbonyl (C=O) groups excluding carboxylic acids is 1.